The quantitative estimate of drug-likeness (QED) is 0.804. The fourth-order valence-corrected chi connectivity index (χ4v) is 2.73. The molecule has 0 fully saturated rings. The summed E-state index contributed by atoms with van der Waals surface area (Å²) in [6.45, 7) is 0. The molecule has 2 N–H and O–H groups in total. The van der Waals surface area contributed by atoms with E-state index in [-0.39, 0.29) is 0 Å². The Labute approximate surface area is 96.2 Å². The van der Waals surface area contributed by atoms with Crippen LogP contribution in [0.2, 0.25) is 0 Å². The van der Waals surface area contributed by atoms with Crippen molar-refractivity contribution in [3.63, 3.8) is 0 Å². The van der Waals surface area contributed by atoms with Gasteiger partial charge in [0.15, 0.2) is 0 Å². The predicted octanol–water partition coefficient (Wildman–Crippen LogP) is 0.970. The molecule has 0 heterocycles. The van der Waals surface area contributed by atoms with Gasteiger partial charge in [-0.15, -0.1) is 0 Å². The summed E-state index contributed by atoms with van der Waals surface area (Å²) in [4.78, 5) is 0.955. The summed E-state index contributed by atoms with van der Waals surface area (Å²) >= 11 is 0. The number of rotatable bonds is 2. The van der Waals surface area contributed by atoms with Crippen LogP contribution in [0.1, 0.15) is 0 Å². The van der Waals surface area contributed by atoms with E-state index in [1.54, 1.807) is 36.4 Å². The molecule has 1 aromatic rings. The lowest BCUT2D eigenvalue weighted by Crippen LogP contribution is -2.29. The van der Waals surface area contributed by atoms with E-state index in [1.165, 1.54) is 6.08 Å². The van der Waals surface area contributed by atoms with Gasteiger partial charge in [0.25, 0.3) is 0 Å². The van der Waals surface area contributed by atoms with Crippen LogP contribution in [0.4, 0.5) is 0 Å². The van der Waals surface area contributed by atoms with Crippen LogP contribution < -0.4 is 0 Å². The molecule has 2 rings (SSSR count). The second-order valence-electron chi connectivity index (χ2n) is 3.47. The highest BCUT2D eigenvalue weighted by Gasteiger charge is 2.25. The van der Waals surface area contributed by atoms with E-state index in [1.807, 2.05) is 6.07 Å². The lowest BCUT2D eigenvalue weighted by Gasteiger charge is -2.20. The zero-order valence-corrected chi connectivity index (χ0v) is 9.30. The third kappa shape index (κ3) is 2.14. The zero-order chi connectivity index (χ0) is 11.5. The minimum absolute atomic E-state index is 0.334. The first kappa shape index (κ1) is 11.3. The molecule has 3 nitrogen and oxygen atoms in total. The molecule has 1 aromatic carbocycles. The van der Waals surface area contributed by atoms with E-state index >= 15 is 0 Å². The van der Waals surface area contributed by atoms with Crippen molar-refractivity contribution in [1.82, 2.24) is 0 Å². The molecule has 0 saturated heterocycles. The number of allylic oxidation sites excluding steroid dienone is 2. The van der Waals surface area contributed by atoms with Gasteiger partial charge < -0.3 is 10.2 Å². The van der Waals surface area contributed by atoms with Crippen LogP contribution in [-0.2, 0) is 10.8 Å². The normalized spacial score (nSPS) is 26.2. The van der Waals surface area contributed by atoms with Gasteiger partial charge in [0, 0.05) is 4.90 Å². The summed E-state index contributed by atoms with van der Waals surface area (Å²) in [5.41, 5.74) is 0. The molecule has 1 aliphatic rings. The zero-order valence-electron chi connectivity index (χ0n) is 8.48. The van der Waals surface area contributed by atoms with Crippen LogP contribution in [0.25, 0.3) is 0 Å². The van der Waals surface area contributed by atoms with Crippen LogP contribution in [0.15, 0.2) is 58.4 Å². The average molecular weight is 236 g/mol. The molecule has 0 radical (unpaired) electrons. The van der Waals surface area contributed by atoms with Gasteiger partial charge in [-0.25, -0.2) is 4.21 Å². The van der Waals surface area contributed by atoms with Crippen molar-refractivity contribution < 1.29 is 14.4 Å². The molecular formula is C12H12O3S. The van der Waals surface area contributed by atoms with Gasteiger partial charge in [-0.3, -0.25) is 0 Å². The molecule has 0 spiro atoms. The first-order chi connectivity index (χ1) is 7.70. The number of aliphatic hydroxyl groups excluding tert-OH is 2. The van der Waals surface area contributed by atoms with Crippen molar-refractivity contribution in [1.29, 1.82) is 0 Å². The summed E-state index contributed by atoms with van der Waals surface area (Å²) in [7, 11) is -1.42. The molecule has 3 atom stereocenters. The standard InChI is InChI=1S/C12H12O3S/c13-10-7-4-8-11(12(10)14)16(15)9-5-2-1-3-6-9/h1-8,10,12-14H/t10-,12-,16+/m0/s1. The Kier molecular flexibility index (Phi) is 3.33. The van der Waals surface area contributed by atoms with Crippen LogP contribution in [0.5, 0.6) is 0 Å². The lowest BCUT2D eigenvalue weighted by atomic mass is 10.1. The fourth-order valence-electron chi connectivity index (χ4n) is 1.49. The Bertz CT molecular complexity index is 451. The van der Waals surface area contributed by atoms with Crippen LogP contribution >= 0.6 is 0 Å². The number of hydrogen-bond acceptors (Lipinski definition) is 3. The van der Waals surface area contributed by atoms with Crippen LogP contribution in [0.3, 0.4) is 0 Å². The van der Waals surface area contributed by atoms with E-state index in [9.17, 15) is 14.4 Å². The molecule has 0 bridgehead atoms. The number of aliphatic hydroxyl groups is 2. The Morgan fingerprint density at radius 2 is 1.81 bits per heavy atom. The maximum atomic E-state index is 12.1. The molecule has 0 saturated carbocycles. The summed E-state index contributed by atoms with van der Waals surface area (Å²) in [6.07, 6.45) is 2.59. The third-order valence-corrected chi connectivity index (χ3v) is 3.86. The topological polar surface area (TPSA) is 57.5 Å². The largest absolute Gasteiger partial charge is 0.386 e. The summed E-state index contributed by atoms with van der Waals surface area (Å²) < 4.78 is 12.1. The Hall–Kier alpha value is -1.23. The maximum absolute atomic E-state index is 12.1. The van der Waals surface area contributed by atoms with Gasteiger partial charge in [-0.2, -0.15) is 0 Å². The van der Waals surface area contributed by atoms with E-state index in [2.05, 4.69) is 0 Å². The highest BCUT2D eigenvalue weighted by molar-refractivity contribution is 7.89. The minimum atomic E-state index is -1.42. The molecule has 0 amide bonds. The van der Waals surface area contributed by atoms with E-state index in [0.717, 1.165) is 0 Å². The lowest BCUT2D eigenvalue weighted by molar-refractivity contribution is 0.0765. The van der Waals surface area contributed by atoms with Crippen molar-refractivity contribution in [3.05, 3.63) is 53.5 Å². The molecule has 16 heavy (non-hydrogen) atoms. The SMILES string of the molecule is O=[S@@](C1=CC=C[C@H](O)[C@@H]1O)c1ccccc1. The monoisotopic (exact) mass is 236 g/mol. The molecule has 1 aliphatic carbocycles. The van der Waals surface area contributed by atoms with Gasteiger partial charge in [0.2, 0.25) is 0 Å². The summed E-state index contributed by atoms with van der Waals surface area (Å²) in [5.74, 6) is 0. The molecule has 84 valence electrons. The number of hydrogen-bond donors (Lipinski definition) is 2. The van der Waals surface area contributed by atoms with Gasteiger partial charge >= 0.3 is 0 Å². The van der Waals surface area contributed by atoms with E-state index in [0.29, 0.717) is 9.80 Å². The Morgan fingerprint density at radius 1 is 1.12 bits per heavy atom. The fraction of sp³-hybridized carbons (Fsp3) is 0.167. The van der Waals surface area contributed by atoms with E-state index in [4.69, 9.17) is 0 Å². The van der Waals surface area contributed by atoms with Gasteiger partial charge in [-0.1, -0.05) is 30.4 Å². The second kappa shape index (κ2) is 4.74. The van der Waals surface area contributed by atoms with Crippen molar-refractivity contribution in [2.45, 2.75) is 17.1 Å². The minimum Gasteiger partial charge on any atom is -0.386 e. The van der Waals surface area contributed by atoms with E-state index < -0.39 is 23.0 Å². The first-order valence-corrected chi connectivity index (χ1v) is 6.06. The molecule has 0 aromatic heterocycles. The van der Waals surface area contributed by atoms with Gasteiger partial charge in [-0.05, 0) is 18.2 Å². The summed E-state index contributed by atoms with van der Waals surface area (Å²) in [6, 6.07) is 8.87. The Morgan fingerprint density at radius 3 is 2.50 bits per heavy atom. The highest BCUT2D eigenvalue weighted by Crippen LogP contribution is 2.22. The Balaban J connectivity index is 2.30. The summed E-state index contributed by atoms with van der Waals surface area (Å²) in [5, 5.41) is 19.1. The highest BCUT2D eigenvalue weighted by atomic mass is 32.2. The van der Waals surface area contributed by atoms with Crippen molar-refractivity contribution in [2.24, 2.45) is 0 Å². The van der Waals surface area contributed by atoms with Gasteiger partial charge in [0.1, 0.15) is 12.2 Å². The molecule has 0 aliphatic heterocycles. The van der Waals surface area contributed by atoms with Crippen molar-refractivity contribution in [3.8, 4) is 0 Å². The number of benzene rings is 1. The average Bonchev–Trinajstić information content (AvgIpc) is 2.33. The molecular weight excluding hydrogens is 224 g/mol. The smallest absolute Gasteiger partial charge is 0.117 e. The molecule has 0 unspecified atom stereocenters. The third-order valence-electron chi connectivity index (χ3n) is 2.36. The molecule has 4 heteroatoms. The van der Waals surface area contributed by atoms with Crippen LogP contribution in [0, 0.1) is 0 Å². The second-order valence-corrected chi connectivity index (χ2v) is 4.95. The van der Waals surface area contributed by atoms with Gasteiger partial charge in [0.05, 0.1) is 15.7 Å². The first-order valence-electron chi connectivity index (χ1n) is 4.91. The van der Waals surface area contributed by atoms with Crippen molar-refractivity contribution in [2.75, 3.05) is 0 Å². The van der Waals surface area contributed by atoms with Crippen LogP contribution in [-0.4, -0.2) is 26.6 Å². The maximum Gasteiger partial charge on any atom is 0.117 e. The predicted molar refractivity (Wildman–Crippen MR) is 62.1 cm³/mol. The van der Waals surface area contributed by atoms with Crippen molar-refractivity contribution >= 4 is 10.8 Å².